The molecule has 1 atom stereocenters. The number of nitrogens with zero attached hydrogens (tertiary/aromatic N) is 1. The zero-order chi connectivity index (χ0) is 22.8. The molecule has 0 bridgehead atoms. The molecule has 2 aromatic carbocycles. The second-order valence-corrected chi connectivity index (χ2v) is 7.37. The Morgan fingerprint density at radius 3 is 2.53 bits per heavy atom. The zero-order valence-electron chi connectivity index (χ0n) is 18.0. The summed E-state index contributed by atoms with van der Waals surface area (Å²) < 4.78 is 11.3. The highest BCUT2D eigenvalue weighted by Gasteiger charge is 2.08. The Balaban J connectivity index is 1.36. The van der Waals surface area contributed by atoms with Crippen molar-refractivity contribution in [1.29, 1.82) is 5.26 Å². The molecule has 0 aliphatic rings. The van der Waals surface area contributed by atoms with Crippen molar-refractivity contribution in [3.05, 3.63) is 82.3 Å². The van der Waals surface area contributed by atoms with Gasteiger partial charge < -0.3 is 24.9 Å². The second kappa shape index (κ2) is 11.7. The van der Waals surface area contributed by atoms with E-state index in [1.165, 1.54) is 0 Å². The Bertz CT molecular complexity index is 1090. The predicted molar refractivity (Wildman–Crippen MR) is 123 cm³/mol. The van der Waals surface area contributed by atoms with Gasteiger partial charge in [0.2, 0.25) is 0 Å². The molecule has 0 fully saturated rings. The lowest BCUT2D eigenvalue weighted by Crippen LogP contribution is -2.32. The highest BCUT2D eigenvalue weighted by atomic mass is 16.5. The van der Waals surface area contributed by atoms with Crippen LogP contribution >= 0.6 is 0 Å². The summed E-state index contributed by atoms with van der Waals surface area (Å²) in [7, 11) is 0. The van der Waals surface area contributed by atoms with Crippen LogP contribution in [0.4, 0.5) is 0 Å². The number of hydrogen-bond donors (Lipinski definition) is 3. The summed E-state index contributed by atoms with van der Waals surface area (Å²) in [5.74, 6) is 1.49. The number of hydrogen-bond acceptors (Lipinski definition) is 6. The molecule has 0 saturated heterocycles. The van der Waals surface area contributed by atoms with E-state index in [2.05, 4.69) is 10.3 Å². The third-order valence-corrected chi connectivity index (χ3v) is 4.86. The number of aromatic nitrogens is 1. The molecule has 7 nitrogen and oxygen atoms in total. The van der Waals surface area contributed by atoms with E-state index >= 15 is 0 Å². The van der Waals surface area contributed by atoms with Gasteiger partial charge in [-0.15, -0.1) is 0 Å². The van der Waals surface area contributed by atoms with Crippen molar-refractivity contribution in [3.63, 3.8) is 0 Å². The smallest absolute Gasteiger partial charge is 0.266 e. The van der Waals surface area contributed by atoms with Gasteiger partial charge in [-0.3, -0.25) is 4.79 Å². The first-order chi connectivity index (χ1) is 15.6. The molecule has 166 valence electrons. The van der Waals surface area contributed by atoms with Gasteiger partial charge in [0.25, 0.3) is 5.56 Å². The van der Waals surface area contributed by atoms with Crippen LogP contribution in [0.3, 0.4) is 0 Å². The average Bonchev–Trinajstić information content (AvgIpc) is 2.81. The molecule has 0 amide bonds. The summed E-state index contributed by atoms with van der Waals surface area (Å²) in [4.78, 5) is 14.4. The van der Waals surface area contributed by atoms with Gasteiger partial charge in [0.05, 0.1) is 6.61 Å². The first-order valence-electron chi connectivity index (χ1n) is 10.5. The van der Waals surface area contributed by atoms with Crippen molar-refractivity contribution >= 4 is 0 Å². The first kappa shape index (κ1) is 23.1. The molecule has 0 saturated carbocycles. The monoisotopic (exact) mass is 433 g/mol. The van der Waals surface area contributed by atoms with E-state index in [-0.39, 0.29) is 17.7 Å². The molecular weight excluding hydrogens is 406 g/mol. The molecule has 1 aromatic heterocycles. The number of ether oxygens (including phenoxy) is 2. The Morgan fingerprint density at radius 2 is 1.81 bits per heavy atom. The molecule has 0 aliphatic heterocycles. The summed E-state index contributed by atoms with van der Waals surface area (Å²) in [5, 5.41) is 22.2. The van der Waals surface area contributed by atoms with Crippen LogP contribution < -0.4 is 20.3 Å². The van der Waals surface area contributed by atoms with Gasteiger partial charge in [-0.25, -0.2) is 0 Å². The van der Waals surface area contributed by atoms with Gasteiger partial charge in [0.15, 0.2) is 0 Å². The van der Waals surface area contributed by atoms with Gasteiger partial charge in [-0.2, -0.15) is 5.26 Å². The molecule has 0 aliphatic carbocycles. The SMILES string of the molecule is Cc1[nH]c(=O)c(C#N)cc1-c1ccc(OCCCNCC(O)COc2ccccc2)cc1. The van der Waals surface area contributed by atoms with Crippen LogP contribution in [0.2, 0.25) is 0 Å². The molecule has 0 radical (unpaired) electrons. The fourth-order valence-electron chi connectivity index (χ4n) is 3.16. The van der Waals surface area contributed by atoms with Crippen molar-refractivity contribution in [1.82, 2.24) is 10.3 Å². The second-order valence-electron chi connectivity index (χ2n) is 7.37. The molecular formula is C25H27N3O4. The number of nitriles is 1. The Morgan fingerprint density at radius 1 is 1.09 bits per heavy atom. The Kier molecular flexibility index (Phi) is 8.44. The number of aliphatic hydroxyl groups excluding tert-OH is 1. The molecule has 1 unspecified atom stereocenters. The number of aromatic amines is 1. The van der Waals surface area contributed by atoms with E-state index in [1.807, 2.05) is 60.7 Å². The quantitative estimate of drug-likeness (QED) is 0.401. The maximum Gasteiger partial charge on any atom is 0.266 e. The minimum atomic E-state index is -0.582. The van der Waals surface area contributed by atoms with Crippen molar-refractivity contribution in [2.24, 2.45) is 0 Å². The highest BCUT2D eigenvalue weighted by molar-refractivity contribution is 5.67. The third-order valence-electron chi connectivity index (χ3n) is 4.86. The van der Waals surface area contributed by atoms with E-state index in [1.54, 1.807) is 13.0 Å². The highest BCUT2D eigenvalue weighted by Crippen LogP contribution is 2.24. The summed E-state index contributed by atoms with van der Waals surface area (Å²) in [6, 6.07) is 20.5. The summed E-state index contributed by atoms with van der Waals surface area (Å²) in [6.07, 6.45) is 0.208. The van der Waals surface area contributed by atoms with E-state index in [4.69, 9.17) is 14.7 Å². The lowest BCUT2D eigenvalue weighted by atomic mass is 10.0. The Hall–Kier alpha value is -3.60. The average molecular weight is 434 g/mol. The van der Waals surface area contributed by atoms with Gasteiger partial charge in [0.1, 0.15) is 35.8 Å². The number of H-pyrrole nitrogens is 1. The van der Waals surface area contributed by atoms with Crippen LogP contribution in [0.25, 0.3) is 11.1 Å². The standard InChI is InChI=1S/C25H27N3O4/c1-18-24(14-20(15-26)25(30)28-18)19-8-10-23(11-9-19)31-13-5-12-27-16-21(29)17-32-22-6-3-2-4-7-22/h2-4,6-11,14,21,27,29H,5,12-13,16-17H2,1H3,(H,28,30). The van der Waals surface area contributed by atoms with E-state index in [0.717, 1.165) is 29.0 Å². The number of aliphatic hydroxyl groups is 1. The molecule has 32 heavy (non-hydrogen) atoms. The van der Waals surface area contributed by atoms with Crippen LogP contribution in [0.15, 0.2) is 65.5 Å². The lowest BCUT2D eigenvalue weighted by molar-refractivity contribution is 0.106. The van der Waals surface area contributed by atoms with Crippen LogP contribution in [0.1, 0.15) is 17.7 Å². The summed E-state index contributed by atoms with van der Waals surface area (Å²) in [5.41, 5.74) is 2.14. The number of para-hydroxylation sites is 1. The normalized spacial score (nSPS) is 11.5. The lowest BCUT2D eigenvalue weighted by Gasteiger charge is -2.13. The fourth-order valence-corrected chi connectivity index (χ4v) is 3.16. The van der Waals surface area contributed by atoms with Gasteiger partial charge in [-0.05, 0) is 55.8 Å². The maximum absolute atomic E-state index is 11.7. The topological polar surface area (TPSA) is 107 Å². The molecule has 3 rings (SSSR count). The first-order valence-corrected chi connectivity index (χ1v) is 10.5. The van der Waals surface area contributed by atoms with Crippen molar-refractivity contribution in [2.45, 2.75) is 19.4 Å². The van der Waals surface area contributed by atoms with Crippen molar-refractivity contribution < 1.29 is 14.6 Å². The minimum absolute atomic E-state index is 0.0928. The molecule has 1 heterocycles. The largest absolute Gasteiger partial charge is 0.494 e. The van der Waals surface area contributed by atoms with Crippen molar-refractivity contribution in [2.75, 3.05) is 26.3 Å². The number of pyridine rings is 1. The van der Waals surface area contributed by atoms with Gasteiger partial charge in [0, 0.05) is 17.8 Å². The molecule has 0 spiro atoms. The number of rotatable bonds is 11. The van der Waals surface area contributed by atoms with Crippen LogP contribution in [0.5, 0.6) is 11.5 Å². The van der Waals surface area contributed by atoms with E-state index in [9.17, 15) is 9.90 Å². The van der Waals surface area contributed by atoms with E-state index < -0.39 is 6.10 Å². The van der Waals surface area contributed by atoms with Crippen molar-refractivity contribution in [3.8, 4) is 28.7 Å². The third kappa shape index (κ3) is 6.71. The summed E-state index contributed by atoms with van der Waals surface area (Å²) in [6.45, 7) is 3.75. The zero-order valence-corrected chi connectivity index (χ0v) is 18.0. The van der Waals surface area contributed by atoms with Crippen LogP contribution in [-0.2, 0) is 0 Å². The van der Waals surface area contributed by atoms with Crippen LogP contribution in [-0.4, -0.2) is 42.5 Å². The predicted octanol–water partition coefficient (Wildman–Crippen LogP) is 3.02. The molecule has 3 N–H and O–H groups in total. The number of benzene rings is 2. The van der Waals surface area contributed by atoms with Gasteiger partial charge in [-0.1, -0.05) is 30.3 Å². The minimum Gasteiger partial charge on any atom is -0.494 e. The fraction of sp³-hybridized carbons (Fsp3) is 0.280. The number of aryl methyl sites for hydroxylation is 1. The van der Waals surface area contributed by atoms with E-state index in [0.29, 0.717) is 25.4 Å². The summed E-state index contributed by atoms with van der Waals surface area (Å²) >= 11 is 0. The van der Waals surface area contributed by atoms with Gasteiger partial charge >= 0.3 is 0 Å². The van der Waals surface area contributed by atoms with Crippen LogP contribution in [0, 0.1) is 18.3 Å². The maximum atomic E-state index is 11.7. The number of nitrogens with one attached hydrogen (secondary N) is 2. The Labute approximate surface area is 187 Å². The molecule has 3 aromatic rings. The molecule has 7 heteroatoms.